The van der Waals surface area contributed by atoms with Crippen molar-refractivity contribution in [3.8, 4) is 11.3 Å². The number of aromatic nitrogens is 2. The van der Waals surface area contributed by atoms with Gasteiger partial charge in [0.25, 0.3) is 0 Å². The van der Waals surface area contributed by atoms with Crippen LogP contribution in [0.3, 0.4) is 0 Å². The van der Waals surface area contributed by atoms with Crippen molar-refractivity contribution in [1.29, 1.82) is 0 Å². The molecule has 6 nitrogen and oxygen atoms in total. The van der Waals surface area contributed by atoms with Crippen molar-refractivity contribution in [2.45, 2.75) is 24.3 Å². The topological polar surface area (TPSA) is 56.1 Å². The van der Waals surface area contributed by atoms with Gasteiger partial charge in [0.1, 0.15) is 11.5 Å². The van der Waals surface area contributed by atoms with Crippen molar-refractivity contribution in [2.75, 3.05) is 33.1 Å². The number of imidazole rings is 1. The molecule has 3 heterocycles. The Morgan fingerprint density at radius 2 is 2.20 bits per heavy atom. The third-order valence-electron chi connectivity index (χ3n) is 5.30. The highest BCUT2D eigenvalue weighted by Crippen LogP contribution is 2.31. The van der Waals surface area contributed by atoms with E-state index in [2.05, 4.69) is 0 Å². The van der Waals surface area contributed by atoms with Gasteiger partial charge in [-0.2, -0.15) is 0 Å². The molecule has 0 bridgehead atoms. The van der Waals surface area contributed by atoms with Crippen LogP contribution in [0, 0.1) is 12.7 Å². The lowest BCUT2D eigenvalue weighted by molar-refractivity contribution is -0.0241. The molecule has 0 aliphatic carbocycles. The number of nitrogens with zero attached hydrogens (tertiary/aromatic N) is 3. The van der Waals surface area contributed by atoms with Gasteiger partial charge in [-0.25, -0.2) is 14.2 Å². The van der Waals surface area contributed by atoms with Crippen LogP contribution >= 0.6 is 11.8 Å². The Morgan fingerprint density at radius 1 is 1.37 bits per heavy atom. The summed E-state index contributed by atoms with van der Waals surface area (Å²) in [4.78, 5) is 19.2. The number of thioether (sulfide) groups is 1. The minimum absolute atomic E-state index is 0.230. The third kappa shape index (κ3) is 4.02. The fraction of sp³-hybridized carbons (Fsp3) is 0.364. The largest absolute Gasteiger partial charge is 0.453 e. The molecule has 30 heavy (non-hydrogen) atoms. The van der Waals surface area contributed by atoms with Crippen LogP contribution in [0.2, 0.25) is 0 Å². The van der Waals surface area contributed by atoms with Gasteiger partial charge in [-0.15, -0.1) is 11.8 Å². The fourth-order valence-electron chi connectivity index (χ4n) is 3.78. The summed E-state index contributed by atoms with van der Waals surface area (Å²) in [5.74, 6) is -0.302. The average Bonchev–Trinajstić information content (AvgIpc) is 3.10. The summed E-state index contributed by atoms with van der Waals surface area (Å²) in [5, 5.41) is 0. The van der Waals surface area contributed by atoms with Crippen LogP contribution in [0.1, 0.15) is 11.3 Å². The van der Waals surface area contributed by atoms with Gasteiger partial charge in [-0.05, 0) is 49.1 Å². The maximum Gasteiger partial charge on any atom is 0.409 e. The molecular weight excluding hydrogens is 405 g/mol. The summed E-state index contributed by atoms with van der Waals surface area (Å²) in [6.07, 6.45) is 3.77. The van der Waals surface area contributed by atoms with Crippen LogP contribution < -0.4 is 0 Å². The lowest BCUT2D eigenvalue weighted by atomic mass is 10.0. The van der Waals surface area contributed by atoms with Crippen molar-refractivity contribution in [3.63, 3.8) is 0 Å². The van der Waals surface area contributed by atoms with Gasteiger partial charge in [0.2, 0.25) is 0 Å². The predicted molar refractivity (Wildman–Crippen MR) is 115 cm³/mol. The zero-order chi connectivity index (χ0) is 21.3. The zero-order valence-corrected chi connectivity index (χ0v) is 18.0. The Bertz CT molecular complexity index is 1080. The van der Waals surface area contributed by atoms with Crippen LogP contribution in [0.25, 0.3) is 16.9 Å². The van der Waals surface area contributed by atoms with Crippen molar-refractivity contribution < 1.29 is 18.7 Å². The van der Waals surface area contributed by atoms with Crippen molar-refractivity contribution in [3.05, 3.63) is 53.6 Å². The van der Waals surface area contributed by atoms with E-state index in [4.69, 9.17) is 14.5 Å². The first-order valence-corrected chi connectivity index (χ1v) is 11.0. The maximum absolute atomic E-state index is 14.9. The van der Waals surface area contributed by atoms with E-state index in [-0.39, 0.29) is 18.0 Å². The molecule has 1 fully saturated rings. The monoisotopic (exact) mass is 429 g/mol. The second kappa shape index (κ2) is 8.65. The fourth-order valence-corrected chi connectivity index (χ4v) is 4.20. The van der Waals surface area contributed by atoms with E-state index in [1.807, 2.05) is 42.0 Å². The summed E-state index contributed by atoms with van der Waals surface area (Å²) in [7, 11) is 1.37. The molecule has 1 aliphatic rings. The highest BCUT2D eigenvalue weighted by molar-refractivity contribution is 7.98. The van der Waals surface area contributed by atoms with Gasteiger partial charge in [-0.3, -0.25) is 0 Å². The first-order valence-electron chi connectivity index (χ1n) is 9.76. The molecule has 1 aliphatic heterocycles. The Hall–Kier alpha value is -2.58. The first kappa shape index (κ1) is 20.7. The third-order valence-corrected chi connectivity index (χ3v) is 6.03. The number of ether oxygens (including phenoxy) is 2. The normalized spacial score (nSPS) is 16.8. The molecule has 0 spiro atoms. The second-order valence-corrected chi connectivity index (χ2v) is 8.18. The lowest BCUT2D eigenvalue weighted by Gasteiger charge is -2.32. The molecule has 3 aromatic rings. The summed E-state index contributed by atoms with van der Waals surface area (Å²) in [6, 6.07) is 9.19. The van der Waals surface area contributed by atoms with E-state index in [1.165, 1.54) is 24.9 Å². The number of rotatable bonds is 4. The van der Waals surface area contributed by atoms with Gasteiger partial charge >= 0.3 is 6.09 Å². The number of fused-ring (bicyclic) bond motifs is 1. The van der Waals surface area contributed by atoms with E-state index < -0.39 is 0 Å². The summed E-state index contributed by atoms with van der Waals surface area (Å²) >= 11 is 1.50. The number of pyridine rings is 1. The predicted octanol–water partition coefficient (Wildman–Crippen LogP) is 4.18. The number of benzene rings is 1. The molecule has 1 saturated heterocycles. The Balaban J connectivity index is 1.74. The van der Waals surface area contributed by atoms with Gasteiger partial charge in [-0.1, -0.05) is 0 Å². The SMILES string of the molecule is COC(=O)N1CCO[C@@H](Cc2c(-c3ccc(SC)cc3F)nc3cc(C)ccn23)C1. The number of carbonyl (C=O) groups excluding carboxylic acids is 1. The van der Waals surface area contributed by atoms with Crippen LogP contribution in [0.4, 0.5) is 9.18 Å². The summed E-state index contributed by atoms with van der Waals surface area (Å²) in [6.45, 7) is 3.34. The van der Waals surface area contributed by atoms with Crippen LogP contribution in [-0.4, -0.2) is 59.5 Å². The second-order valence-electron chi connectivity index (χ2n) is 7.30. The van der Waals surface area contributed by atoms with Crippen molar-refractivity contribution in [2.24, 2.45) is 0 Å². The van der Waals surface area contributed by atoms with Gasteiger partial charge in [0, 0.05) is 29.6 Å². The Labute approximate surface area is 179 Å². The molecule has 0 radical (unpaired) electrons. The van der Waals surface area contributed by atoms with E-state index in [1.54, 1.807) is 11.0 Å². The summed E-state index contributed by atoms with van der Waals surface area (Å²) in [5.41, 5.74) is 3.76. The van der Waals surface area contributed by atoms with E-state index in [9.17, 15) is 9.18 Å². The highest BCUT2D eigenvalue weighted by atomic mass is 32.2. The van der Waals surface area contributed by atoms with E-state index >= 15 is 0 Å². The molecule has 1 amide bonds. The molecular formula is C22H24FN3O3S. The van der Waals surface area contributed by atoms with Crippen LogP contribution in [-0.2, 0) is 15.9 Å². The van der Waals surface area contributed by atoms with Gasteiger partial charge < -0.3 is 18.8 Å². The molecule has 1 aromatic carbocycles. The molecule has 0 unspecified atom stereocenters. The van der Waals surface area contributed by atoms with E-state index in [0.29, 0.717) is 37.4 Å². The minimum Gasteiger partial charge on any atom is -0.453 e. The van der Waals surface area contributed by atoms with Gasteiger partial charge in [0.05, 0.1) is 37.8 Å². The Kier molecular flexibility index (Phi) is 5.97. The zero-order valence-electron chi connectivity index (χ0n) is 17.2. The molecule has 1 atom stereocenters. The Morgan fingerprint density at radius 3 is 2.93 bits per heavy atom. The molecule has 0 N–H and O–H groups in total. The number of hydrogen-bond acceptors (Lipinski definition) is 5. The number of morpholine rings is 1. The van der Waals surface area contributed by atoms with E-state index in [0.717, 1.165) is 21.8 Å². The highest BCUT2D eigenvalue weighted by Gasteiger charge is 2.28. The maximum atomic E-state index is 14.9. The van der Waals surface area contributed by atoms with Crippen molar-refractivity contribution >= 4 is 23.5 Å². The molecule has 158 valence electrons. The number of methoxy groups -OCH3 is 1. The standard InChI is InChI=1S/C22H24FN3O3S/c1-14-6-7-26-19(11-15-13-25(8-9-29-15)22(27)28-2)21(24-20(26)10-14)17-5-4-16(30-3)12-18(17)23/h4-7,10,12,15H,8-9,11,13H2,1-3H3/t15-/m0/s1. The smallest absolute Gasteiger partial charge is 0.409 e. The first-order chi connectivity index (χ1) is 14.5. The quantitative estimate of drug-likeness (QED) is 0.583. The minimum atomic E-state index is -0.365. The number of carbonyl (C=O) groups is 1. The van der Waals surface area contributed by atoms with Crippen molar-refractivity contribution in [1.82, 2.24) is 14.3 Å². The molecule has 8 heteroatoms. The van der Waals surface area contributed by atoms with Crippen LogP contribution in [0.15, 0.2) is 41.4 Å². The summed E-state index contributed by atoms with van der Waals surface area (Å²) < 4.78 is 27.7. The molecule has 2 aromatic heterocycles. The van der Waals surface area contributed by atoms with Crippen LogP contribution in [0.5, 0.6) is 0 Å². The lowest BCUT2D eigenvalue weighted by Crippen LogP contribution is -2.46. The number of aryl methyl sites for hydroxylation is 1. The molecule has 4 rings (SSSR count). The number of amides is 1. The molecule has 0 saturated carbocycles. The number of halogens is 1. The average molecular weight is 430 g/mol. The number of hydrogen-bond donors (Lipinski definition) is 0. The van der Waals surface area contributed by atoms with Gasteiger partial charge in [0.15, 0.2) is 0 Å².